The van der Waals surface area contributed by atoms with Crippen LogP contribution in [-0.2, 0) is 4.79 Å². The fourth-order valence-corrected chi connectivity index (χ4v) is 4.19. The Morgan fingerprint density at radius 3 is 1.97 bits per heavy atom. The van der Waals surface area contributed by atoms with Crippen molar-refractivity contribution in [3.63, 3.8) is 0 Å². The molecule has 0 bridgehead atoms. The van der Waals surface area contributed by atoms with Gasteiger partial charge in [0.05, 0.1) is 6.61 Å². The number of carbonyl (C=O) groups excluding carboxylic acids is 1. The van der Waals surface area contributed by atoms with Gasteiger partial charge in [-0.2, -0.15) is 0 Å². The molecule has 174 valence electrons. The zero-order valence-electron chi connectivity index (χ0n) is 19.5. The summed E-state index contributed by atoms with van der Waals surface area (Å²) in [7, 11) is 0. The second-order valence-electron chi connectivity index (χ2n) is 8.21. The molecule has 0 fully saturated rings. The van der Waals surface area contributed by atoms with Crippen LogP contribution < -0.4 is 9.47 Å². The van der Waals surface area contributed by atoms with Crippen LogP contribution in [0.25, 0.3) is 11.1 Å². The number of carbonyl (C=O) groups is 1. The molecule has 0 amide bonds. The predicted octanol–water partition coefficient (Wildman–Crippen LogP) is 8.02. The predicted molar refractivity (Wildman–Crippen MR) is 136 cm³/mol. The van der Waals surface area contributed by atoms with E-state index in [0.717, 1.165) is 41.9 Å². The summed E-state index contributed by atoms with van der Waals surface area (Å²) in [5.74, 6) is 0.856. The number of hydrogen-bond donors (Lipinski definition) is 0. The molecule has 0 N–H and O–H groups in total. The Bertz CT molecular complexity index is 968. The quantitative estimate of drug-likeness (QED) is 0.118. The van der Waals surface area contributed by atoms with E-state index >= 15 is 0 Å². The van der Waals surface area contributed by atoms with Gasteiger partial charge in [-0.3, -0.25) is 4.79 Å². The minimum absolute atomic E-state index is 0.0907. The first-order valence-electron chi connectivity index (χ1n) is 11.9. The van der Waals surface area contributed by atoms with Crippen LogP contribution in [0.1, 0.15) is 57.4 Å². The van der Waals surface area contributed by atoms with Crippen molar-refractivity contribution in [1.29, 1.82) is 0 Å². The number of ether oxygens (including phenoxy) is 2. The lowest BCUT2D eigenvalue weighted by Gasteiger charge is -2.20. The average molecular weight is 465 g/mol. The van der Waals surface area contributed by atoms with Crippen molar-refractivity contribution in [2.75, 3.05) is 6.61 Å². The lowest BCUT2D eigenvalue weighted by Crippen LogP contribution is -2.27. The highest BCUT2D eigenvalue weighted by Crippen LogP contribution is 2.29. The molecular weight excluding hydrogens is 432 g/mol. The second kappa shape index (κ2) is 13.1. The molecule has 3 aromatic carbocycles. The number of rotatable bonds is 12. The molecule has 0 aliphatic carbocycles. The maximum Gasteiger partial charge on any atom is 0.330 e. The van der Waals surface area contributed by atoms with Crippen molar-refractivity contribution in [2.45, 2.75) is 57.2 Å². The van der Waals surface area contributed by atoms with Crippen molar-refractivity contribution < 1.29 is 14.3 Å². The van der Waals surface area contributed by atoms with E-state index < -0.39 is 11.3 Å². The van der Waals surface area contributed by atoms with E-state index in [1.165, 1.54) is 19.3 Å². The van der Waals surface area contributed by atoms with Crippen LogP contribution in [0.4, 0.5) is 0 Å². The summed E-state index contributed by atoms with van der Waals surface area (Å²) < 4.78 is 11.4. The monoisotopic (exact) mass is 464 g/mol. The third kappa shape index (κ3) is 7.36. The molecule has 3 nitrogen and oxygen atoms in total. The van der Waals surface area contributed by atoms with E-state index in [4.69, 9.17) is 21.1 Å². The van der Waals surface area contributed by atoms with E-state index in [1.807, 2.05) is 73.7 Å². The molecular formula is C29H33ClO3. The second-order valence-corrected chi connectivity index (χ2v) is 8.68. The van der Waals surface area contributed by atoms with Gasteiger partial charge in [-0.15, -0.1) is 11.6 Å². The SMILES string of the molecule is CCCCCCOc1ccc(-c2ccc(OC(=O)C(Cl)C(CC)c3ccccc3)cc2)cc1. The molecule has 0 aromatic heterocycles. The van der Waals surface area contributed by atoms with E-state index in [1.54, 1.807) is 12.1 Å². The lowest BCUT2D eigenvalue weighted by atomic mass is 9.93. The van der Waals surface area contributed by atoms with Crippen LogP contribution in [0.15, 0.2) is 78.9 Å². The minimum atomic E-state index is -0.744. The normalized spacial score (nSPS) is 12.7. The average Bonchev–Trinajstić information content (AvgIpc) is 2.86. The number of unbranched alkanes of at least 4 members (excludes halogenated alkanes) is 3. The highest BCUT2D eigenvalue weighted by Gasteiger charge is 2.28. The van der Waals surface area contributed by atoms with Gasteiger partial charge in [-0.25, -0.2) is 0 Å². The van der Waals surface area contributed by atoms with Gasteiger partial charge >= 0.3 is 5.97 Å². The Balaban J connectivity index is 1.56. The van der Waals surface area contributed by atoms with Gasteiger partial charge in [0.1, 0.15) is 16.9 Å². The Morgan fingerprint density at radius 1 is 0.788 bits per heavy atom. The summed E-state index contributed by atoms with van der Waals surface area (Å²) in [6.45, 7) is 4.99. The smallest absolute Gasteiger partial charge is 0.330 e. The highest BCUT2D eigenvalue weighted by atomic mass is 35.5. The zero-order valence-corrected chi connectivity index (χ0v) is 20.3. The number of benzene rings is 3. The van der Waals surface area contributed by atoms with E-state index in [0.29, 0.717) is 5.75 Å². The fraction of sp³-hybridized carbons (Fsp3) is 0.345. The van der Waals surface area contributed by atoms with Crippen molar-refractivity contribution in [2.24, 2.45) is 0 Å². The van der Waals surface area contributed by atoms with Gasteiger partial charge in [0.15, 0.2) is 0 Å². The molecule has 3 rings (SSSR count). The summed E-state index contributed by atoms with van der Waals surface area (Å²) in [5, 5.41) is -0.744. The molecule has 0 aliphatic heterocycles. The standard InChI is InChI=1S/C29H33ClO3/c1-3-5-6-10-21-32-25-17-13-22(14-18-25)23-15-19-26(20-16-23)33-29(31)28(30)27(4-2)24-11-8-7-9-12-24/h7-9,11-20,27-28H,3-6,10,21H2,1-2H3. The van der Waals surface area contributed by atoms with Gasteiger partial charge < -0.3 is 9.47 Å². The summed E-state index contributed by atoms with van der Waals surface area (Å²) in [6.07, 6.45) is 5.53. The number of alkyl halides is 1. The van der Waals surface area contributed by atoms with E-state index in [-0.39, 0.29) is 5.92 Å². The number of esters is 1. The highest BCUT2D eigenvalue weighted by molar-refractivity contribution is 6.30. The Morgan fingerprint density at radius 2 is 1.39 bits per heavy atom. The van der Waals surface area contributed by atoms with E-state index in [2.05, 4.69) is 6.92 Å². The van der Waals surface area contributed by atoms with Crippen LogP contribution in [-0.4, -0.2) is 18.0 Å². The van der Waals surface area contributed by atoms with Crippen molar-refractivity contribution in [3.8, 4) is 22.6 Å². The molecule has 0 aliphatic rings. The molecule has 0 radical (unpaired) electrons. The molecule has 4 heteroatoms. The van der Waals surface area contributed by atoms with Crippen LogP contribution >= 0.6 is 11.6 Å². The van der Waals surface area contributed by atoms with Crippen LogP contribution in [0.3, 0.4) is 0 Å². The molecule has 2 atom stereocenters. The number of hydrogen-bond acceptors (Lipinski definition) is 3. The van der Waals surface area contributed by atoms with Gasteiger partial charge in [0.25, 0.3) is 0 Å². The molecule has 2 unspecified atom stereocenters. The molecule has 0 spiro atoms. The maximum atomic E-state index is 12.7. The summed E-state index contributed by atoms with van der Waals surface area (Å²) in [5.41, 5.74) is 3.17. The summed E-state index contributed by atoms with van der Waals surface area (Å²) >= 11 is 6.50. The first-order chi connectivity index (χ1) is 16.1. The summed E-state index contributed by atoms with van der Waals surface area (Å²) in [4.78, 5) is 12.7. The van der Waals surface area contributed by atoms with Crippen molar-refractivity contribution in [3.05, 3.63) is 84.4 Å². The molecule has 33 heavy (non-hydrogen) atoms. The van der Waals surface area contributed by atoms with Crippen LogP contribution in [0.2, 0.25) is 0 Å². The molecule has 0 saturated heterocycles. The lowest BCUT2D eigenvalue weighted by molar-refractivity contribution is -0.134. The van der Waals surface area contributed by atoms with E-state index in [9.17, 15) is 4.79 Å². The summed E-state index contributed by atoms with van der Waals surface area (Å²) in [6, 6.07) is 25.4. The first kappa shape index (κ1) is 24.9. The van der Waals surface area contributed by atoms with Gasteiger partial charge in [-0.05, 0) is 53.8 Å². The molecule has 0 saturated carbocycles. The Kier molecular flexibility index (Phi) is 9.83. The largest absolute Gasteiger partial charge is 0.494 e. The first-order valence-corrected chi connectivity index (χ1v) is 12.3. The van der Waals surface area contributed by atoms with Gasteiger partial charge in [-0.1, -0.05) is 87.7 Å². The number of halogens is 1. The fourth-order valence-electron chi connectivity index (χ4n) is 3.83. The van der Waals surface area contributed by atoms with Gasteiger partial charge in [0, 0.05) is 5.92 Å². The Hall–Kier alpha value is -2.78. The molecule has 0 heterocycles. The minimum Gasteiger partial charge on any atom is -0.494 e. The Labute approximate surface area is 202 Å². The van der Waals surface area contributed by atoms with Crippen LogP contribution in [0.5, 0.6) is 11.5 Å². The van der Waals surface area contributed by atoms with Crippen molar-refractivity contribution >= 4 is 17.6 Å². The van der Waals surface area contributed by atoms with Crippen LogP contribution in [0, 0.1) is 0 Å². The topological polar surface area (TPSA) is 35.5 Å². The molecule has 3 aromatic rings. The maximum absolute atomic E-state index is 12.7. The zero-order chi connectivity index (χ0) is 23.5. The van der Waals surface area contributed by atoms with Gasteiger partial charge in [0.2, 0.25) is 0 Å². The third-order valence-corrected chi connectivity index (χ3v) is 6.26. The third-order valence-electron chi connectivity index (χ3n) is 5.77. The van der Waals surface area contributed by atoms with Crippen molar-refractivity contribution in [1.82, 2.24) is 0 Å².